The number of thiophene rings is 1. The lowest BCUT2D eigenvalue weighted by molar-refractivity contribution is -0.119. The van der Waals surface area contributed by atoms with Gasteiger partial charge in [0.05, 0.1) is 5.69 Å². The van der Waals surface area contributed by atoms with E-state index in [0.29, 0.717) is 4.88 Å². The van der Waals surface area contributed by atoms with Crippen LogP contribution >= 0.6 is 11.3 Å². The zero-order valence-corrected chi connectivity index (χ0v) is 12.9. The van der Waals surface area contributed by atoms with Gasteiger partial charge in [0.1, 0.15) is 10.6 Å². The maximum Gasteiger partial charge on any atom is 0.387 e. The quantitative estimate of drug-likeness (QED) is 0.818. The van der Waals surface area contributed by atoms with Gasteiger partial charge in [-0.15, -0.1) is 11.3 Å². The second-order valence-electron chi connectivity index (χ2n) is 4.41. The summed E-state index contributed by atoms with van der Waals surface area (Å²) in [6, 6.07) is 9.11. The predicted octanol–water partition coefficient (Wildman–Crippen LogP) is 3.45. The predicted molar refractivity (Wildman–Crippen MR) is 81.0 cm³/mol. The number of nitrogens with one attached hydrogen (secondary N) is 1. The Hall–Kier alpha value is -2.48. The van der Waals surface area contributed by atoms with Crippen LogP contribution in [0.15, 0.2) is 36.4 Å². The summed E-state index contributed by atoms with van der Waals surface area (Å²) >= 11 is 1.25. The minimum atomic E-state index is -3.01. The van der Waals surface area contributed by atoms with Crippen molar-refractivity contribution in [2.45, 2.75) is 13.5 Å². The topological polar surface area (TPSA) is 64.6 Å². The van der Waals surface area contributed by atoms with Crippen molar-refractivity contribution in [2.75, 3.05) is 11.9 Å². The van der Waals surface area contributed by atoms with Crippen LogP contribution in [0.25, 0.3) is 0 Å². The van der Waals surface area contributed by atoms with Crippen molar-refractivity contribution in [1.29, 1.82) is 0 Å². The van der Waals surface area contributed by atoms with Crippen molar-refractivity contribution in [3.8, 4) is 5.75 Å². The zero-order valence-electron chi connectivity index (χ0n) is 12.0. The Bertz CT molecular complexity index is 702. The highest BCUT2D eigenvalue weighted by Gasteiger charge is 2.14. The van der Waals surface area contributed by atoms with Crippen molar-refractivity contribution < 1.29 is 27.8 Å². The summed E-state index contributed by atoms with van der Waals surface area (Å²) in [5.41, 5.74) is 0.0702. The lowest BCUT2D eigenvalue weighted by atomic mass is 10.3. The van der Waals surface area contributed by atoms with E-state index in [-0.39, 0.29) is 11.4 Å². The summed E-state index contributed by atoms with van der Waals surface area (Å²) in [7, 11) is 0. The first-order valence-corrected chi connectivity index (χ1v) is 7.34. The van der Waals surface area contributed by atoms with Crippen LogP contribution in [0, 0.1) is 6.92 Å². The molecule has 23 heavy (non-hydrogen) atoms. The Balaban J connectivity index is 1.91. The lowest BCUT2D eigenvalue weighted by Gasteiger charge is -2.11. The number of rotatable bonds is 6. The van der Waals surface area contributed by atoms with Gasteiger partial charge in [0, 0.05) is 4.88 Å². The molecule has 1 N–H and O–H groups in total. The fraction of sp³-hybridized carbons (Fsp3) is 0.200. The van der Waals surface area contributed by atoms with E-state index in [0.717, 1.165) is 4.88 Å². The number of hydrogen-bond acceptors (Lipinski definition) is 5. The van der Waals surface area contributed by atoms with Crippen molar-refractivity contribution in [1.82, 2.24) is 0 Å². The van der Waals surface area contributed by atoms with Gasteiger partial charge < -0.3 is 14.8 Å². The molecule has 0 aliphatic rings. The van der Waals surface area contributed by atoms with Gasteiger partial charge in [-0.25, -0.2) is 4.79 Å². The molecule has 0 saturated carbocycles. The highest BCUT2D eigenvalue weighted by Crippen LogP contribution is 2.25. The number of carbonyl (C=O) groups is 2. The minimum absolute atomic E-state index is 0.0702. The number of alkyl halides is 2. The van der Waals surface area contributed by atoms with E-state index in [2.05, 4.69) is 10.1 Å². The molecule has 0 spiro atoms. The molecule has 0 radical (unpaired) electrons. The average Bonchev–Trinajstić information content (AvgIpc) is 2.93. The summed E-state index contributed by atoms with van der Waals surface area (Å²) in [4.78, 5) is 24.8. The van der Waals surface area contributed by atoms with E-state index < -0.39 is 25.1 Å². The van der Waals surface area contributed by atoms with Gasteiger partial charge in [0.25, 0.3) is 5.91 Å². The van der Waals surface area contributed by atoms with Crippen molar-refractivity contribution in [3.05, 3.63) is 46.2 Å². The molecule has 0 bridgehead atoms. The van der Waals surface area contributed by atoms with Gasteiger partial charge in [0.15, 0.2) is 6.61 Å². The third-order valence-corrected chi connectivity index (χ3v) is 3.63. The Kier molecular flexibility index (Phi) is 5.64. The molecule has 0 unspecified atom stereocenters. The van der Waals surface area contributed by atoms with E-state index in [1.54, 1.807) is 18.2 Å². The number of para-hydroxylation sites is 2. The minimum Gasteiger partial charge on any atom is -0.451 e. The number of aryl methyl sites for hydroxylation is 1. The molecule has 5 nitrogen and oxygen atoms in total. The zero-order chi connectivity index (χ0) is 16.8. The molecule has 122 valence electrons. The Labute approximate surface area is 134 Å². The number of carbonyl (C=O) groups excluding carboxylic acids is 2. The SMILES string of the molecule is Cc1ccc(C(=O)OCC(=O)Nc2ccccc2OC(F)F)s1. The molecular formula is C15H13F2NO4S. The summed E-state index contributed by atoms with van der Waals surface area (Å²) < 4.78 is 33.7. The van der Waals surface area contributed by atoms with Crippen molar-refractivity contribution in [3.63, 3.8) is 0 Å². The third-order valence-electron chi connectivity index (χ3n) is 2.65. The molecule has 8 heteroatoms. The maximum atomic E-state index is 12.3. The normalized spacial score (nSPS) is 10.4. The number of hydrogen-bond donors (Lipinski definition) is 1. The van der Waals surface area contributed by atoms with E-state index >= 15 is 0 Å². The molecular weight excluding hydrogens is 328 g/mol. The molecule has 0 aliphatic heterocycles. The summed E-state index contributed by atoms with van der Waals surface area (Å²) in [6.45, 7) is -1.69. The van der Waals surface area contributed by atoms with Gasteiger partial charge in [0.2, 0.25) is 0 Å². The van der Waals surface area contributed by atoms with E-state index in [4.69, 9.17) is 4.74 Å². The fourth-order valence-corrected chi connectivity index (χ4v) is 2.46. The first kappa shape index (κ1) is 16.9. The van der Waals surface area contributed by atoms with Crippen LogP contribution in [0.3, 0.4) is 0 Å². The highest BCUT2D eigenvalue weighted by molar-refractivity contribution is 7.13. The van der Waals surface area contributed by atoms with E-state index in [1.165, 1.54) is 29.5 Å². The van der Waals surface area contributed by atoms with Gasteiger partial charge in [-0.05, 0) is 31.2 Å². The van der Waals surface area contributed by atoms with Gasteiger partial charge in [-0.3, -0.25) is 4.79 Å². The van der Waals surface area contributed by atoms with Crippen LogP contribution in [0.5, 0.6) is 5.75 Å². The fourth-order valence-electron chi connectivity index (χ4n) is 1.70. The molecule has 0 fully saturated rings. The van der Waals surface area contributed by atoms with Gasteiger partial charge in [-0.2, -0.15) is 8.78 Å². The smallest absolute Gasteiger partial charge is 0.387 e. The monoisotopic (exact) mass is 341 g/mol. The van der Waals surface area contributed by atoms with Gasteiger partial charge in [-0.1, -0.05) is 12.1 Å². The molecule has 0 atom stereocenters. The van der Waals surface area contributed by atoms with Crippen LogP contribution in [-0.4, -0.2) is 25.1 Å². The van der Waals surface area contributed by atoms with Gasteiger partial charge >= 0.3 is 12.6 Å². The van der Waals surface area contributed by atoms with Crippen molar-refractivity contribution >= 4 is 28.9 Å². The number of amides is 1. The molecule has 0 saturated heterocycles. The van der Waals surface area contributed by atoms with Crippen LogP contribution in [-0.2, 0) is 9.53 Å². The molecule has 1 aromatic heterocycles. The second kappa shape index (κ2) is 7.68. The molecule has 1 heterocycles. The van der Waals surface area contributed by atoms with Crippen LogP contribution in [0.2, 0.25) is 0 Å². The summed E-state index contributed by atoms with van der Waals surface area (Å²) in [5, 5.41) is 2.36. The number of halogens is 2. The Morgan fingerprint density at radius 1 is 1.22 bits per heavy atom. The lowest BCUT2D eigenvalue weighted by Crippen LogP contribution is -2.21. The molecule has 1 aromatic carbocycles. The Morgan fingerprint density at radius 3 is 2.61 bits per heavy atom. The standard InChI is InChI=1S/C15H13F2NO4S/c1-9-6-7-12(23-9)14(20)21-8-13(19)18-10-4-2-3-5-11(10)22-15(16)17/h2-7,15H,8H2,1H3,(H,18,19). The van der Waals surface area contributed by atoms with E-state index in [1.807, 2.05) is 6.92 Å². The molecule has 2 aromatic rings. The maximum absolute atomic E-state index is 12.3. The summed E-state index contributed by atoms with van der Waals surface area (Å²) in [6.07, 6.45) is 0. The summed E-state index contributed by atoms with van der Waals surface area (Å²) in [5.74, 6) is -1.44. The number of ether oxygens (including phenoxy) is 2. The first-order chi connectivity index (χ1) is 11.0. The average molecular weight is 341 g/mol. The number of benzene rings is 1. The molecule has 1 amide bonds. The number of anilines is 1. The number of esters is 1. The largest absolute Gasteiger partial charge is 0.451 e. The first-order valence-electron chi connectivity index (χ1n) is 6.53. The van der Waals surface area contributed by atoms with E-state index in [9.17, 15) is 18.4 Å². The van der Waals surface area contributed by atoms with Crippen LogP contribution in [0.1, 0.15) is 14.5 Å². The van der Waals surface area contributed by atoms with Crippen LogP contribution in [0.4, 0.5) is 14.5 Å². The highest BCUT2D eigenvalue weighted by atomic mass is 32.1. The Morgan fingerprint density at radius 2 is 1.96 bits per heavy atom. The second-order valence-corrected chi connectivity index (χ2v) is 5.70. The van der Waals surface area contributed by atoms with Crippen LogP contribution < -0.4 is 10.1 Å². The molecule has 0 aliphatic carbocycles. The van der Waals surface area contributed by atoms with Crippen molar-refractivity contribution in [2.24, 2.45) is 0 Å². The molecule has 2 rings (SSSR count). The third kappa shape index (κ3) is 5.03.